The average Bonchev–Trinajstić information content (AvgIpc) is 2.74. The van der Waals surface area contributed by atoms with E-state index in [0.717, 1.165) is 16.3 Å². The van der Waals surface area contributed by atoms with Crippen LogP contribution in [0.3, 0.4) is 0 Å². The van der Waals surface area contributed by atoms with E-state index in [4.69, 9.17) is 0 Å². The third-order valence-corrected chi connectivity index (χ3v) is 4.40. The number of hydrogen-bond donors (Lipinski definition) is 1. The van der Waals surface area contributed by atoms with E-state index in [-0.39, 0.29) is 11.9 Å². The van der Waals surface area contributed by atoms with Crippen LogP contribution in [0.1, 0.15) is 42.4 Å². The Morgan fingerprint density at radius 3 is 2.71 bits per heavy atom. The van der Waals surface area contributed by atoms with Gasteiger partial charge in [-0.15, -0.1) is 11.3 Å². The van der Waals surface area contributed by atoms with Crippen LogP contribution in [-0.2, 0) is 14.9 Å². The van der Waals surface area contributed by atoms with Crippen molar-refractivity contribution in [3.8, 4) is 0 Å². The Labute approximate surface area is 105 Å². The number of carbonyl (C=O) groups is 2. The third kappa shape index (κ3) is 2.85. The van der Waals surface area contributed by atoms with E-state index in [0.29, 0.717) is 5.56 Å². The number of rotatable bonds is 5. The van der Waals surface area contributed by atoms with E-state index in [1.165, 1.54) is 11.3 Å². The minimum Gasteiger partial charge on any atom is -0.392 e. The molecule has 0 unspecified atom stereocenters. The van der Waals surface area contributed by atoms with E-state index >= 15 is 0 Å². The predicted octanol–water partition coefficient (Wildman–Crippen LogP) is 2.79. The van der Waals surface area contributed by atoms with Crippen molar-refractivity contribution >= 4 is 28.8 Å². The van der Waals surface area contributed by atoms with Crippen LogP contribution in [0, 0.1) is 0 Å². The lowest BCUT2D eigenvalue weighted by Crippen LogP contribution is -2.13. The normalized spacial score (nSPS) is 11.1. The Kier molecular flexibility index (Phi) is 4.28. The molecule has 1 N–H and O–H groups in total. The monoisotopic (exact) mass is 255 g/mol. The molecule has 1 aromatic heterocycles. The molecule has 1 heterocycles. The smallest absolute Gasteiger partial charge is 0.348 e. The predicted molar refractivity (Wildman–Crippen MR) is 68.7 cm³/mol. The van der Waals surface area contributed by atoms with Crippen molar-refractivity contribution < 1.29 is 14.3 Å². The first-order valence-electron chi connectivity index (χ1n) is 5.43. The molecular weight excluding hydrogens is 238 g/mol. The van der Waals surface area contributed by atoms with Crippen LogP contribution < -0.4 is 5.32 Å². The summed E-state index contributed by atoms with van der Waals surface area (Å²) in [5, 5.41) is 3.68. The van der Waals surface area contributed by atoms with Gasteiger partial charge >= 0.3 is 12.4 Å². The molecule has 94 valence electrons. The Bertz CT molecular complexity index is 423. The summed E-state index contributed by atoms with van der Waals surface area (Å²) >= 11 is 1.52. The van der Waals surface area contributed by atoms with Crippen LogP contribution in [0.15, 0.2) is 6.07 Å². The number of esters is 1. The molecule has 0 atom stereocenters. The molecule has 17 heavy (non-hydrogen) atoms. The first-order chi connectivity index (χ1) is 7.96. The van der Waals surface area contributed by atoms with Gasteiger partial charge in [-0.25, -0.2) is 4.79 Å². The molecule has 0 spiro atoms. The van der Waals surface area contributed by atoms with Crippen molar-refractivity contribution in [2.75, 3.05) is 12.4 Å². The maximum Gasteiger partial charge on any atom is 0.348 e. The zero-order valence-electron chi connectivity index (χ0n) is 10.5. The van der Waals surface area contributed by atoms with Crippen molar-refractivity contribution in [3.63, 3.8) is 0 Å². The summed E-state index contributed by atoms with van der Waals surface area (Å²) < 4.78 is 4.38. The molecule has 0 fully saturated rings. The molecule has 5 heteroatoms. The maximum absolute atomic E-state index is 11.6. The summed E-state index contributed by atoms with van der Waals surface area (Å²) in [6.07, 6.45) is 0.971. The second kappa shape index (κ2) is 5.31. The van der Waals surface area contributed by atoms with Gasteiger partial charge in [-0.3, -0.25) is 4.79 Å². The van der Waals surface area contributed by atoms with Gasteiger partial charge in [0.15, 0.2) is 0 Å². The summed E-state index contributed by atoms with van der Waals surface area (Å²) in [6.45, 7) is 6.49. The van der Waals surface area contributed by atoms with Crippen molar-refractivity contribution in [1.82, 2.24) is 0 Å². The summed E-state index contributed by atoms with van der Waals surface area (Å²) in [7, 11) is 1.74. The van der Waals surface area contributed by atoms with Crippen molar-refractivity contribution in [2.24, 2.45) is 0 Å². The first kappa shape index (κ1) is 13.7. The highest BCUT2D eigenvalue weighted by Crippen LogP contribution is 2.37. The molecule has 0 amide bonds. The van der Waals surface area contributed by atoms with Crippen molar-refractivity contribution in [3.05, 3.63) is 16.5 Å². The number of ether oxygens (including phenoxy) is 1. The number of nitrogens with one attached hydrogen (secondary N) is 1. The molecule has 4 nitrogen and oxygen atoms in total. The number of hydrogen-bond acceptors (Lipinski definition) is 5. The average molecular weight is 255 g/mol. The van der Waals surface area contributed by atoms with E-state index in [9.17, 15) is 9.59 Å². The van der Waals surface area contributed by atoms with Gasteiger partial charge in [-0.05, 0) is 17.9 Å². The number of thiophene rings is 1. The first-order valence-corrected chi connectivity index (χ1v) is 6.24. The van der Waals surface area contributed by atoms with Crippen LogP contribution in [-0.4, -0.2) is 19.5 Å². The van der Waals surface area contributed by atoms with Crippen molar-refractivity contribution in [2.45, 2.75) is 32.6 Å². The second-order valence-electron chi connectivity index (χ2n) is 4.34. The Balaban J connectivity index is 3.15. The molecule has 0 aliphatic rings. The minimum absolute atomic E-state index is 0.00990. The van der Waals surface area contributed by atoms with E-state index in [2.05, 4.69) is 30.8 Å². The zero-order chi connectivity index (χ0) is 13.1. The lowest BCUT2D eigenvalue weighted by molar-refractivity contribution is -0.123. The van der Waals surface area contributed by atoms with Crippen LogP contribution in [0.4, 0.5) is 5.00 Å². The lowest BCUT2D eigenvalue weighted by atomic mass is 9.88. The van der Waals surface area contributed by atoms with E-state index in [1.807, 2.05) is 0 Å². The SMILES string of the molecule is CCC(C)(C)c1cc(C(=O)OC=O)c(NC)s1. The van der Waals surface area contributed by atoms with Gasteiger partial charge in [0.2, 0.25) is 0 Å². The molecular formula is C12H17NO3S. The van der Waals surface area contributed by atoms with Crippen molar-refractivity contribution in [1.29, 1.82) is 0 Å². The van der Waals surface area contributed by atoms with E-state index in [1.54, 1.807) is 13.1 Å². The number of carbonyl (C=O) groups excluding carboxylic acids is 2. The van der Waals surface area contributed by atoms with Gasteiger partial charge in [0.25, 0.3) is 0 Å². The molecule has 0 saturated carbocycles. The van der Waals surface area contributed by atoms with Gasteiger partial charge in [0.1, 0.15) is 5.00 Å². The van der Waals surface area contributed by atoms with Crippen LogP contribution in [0.2, 0.25) is 0 Å². The standard InChI is InChI=1S/C12H17NO3S/c1-5-12(2,3)9-6-8(10(13-4)17-9)11(15)16-7-14/h6-7,13H,5H2,1-4H3. The largest absolute Gasteiger partial charge is 0.392 e. The summed E-state index contributed by atoms with van der Waals surface area (Å²) in [5.41, 5.74) is 0.428. The third-order valence-electron chi connectivity index (χ3n) is 2.89. The quantitative estimate of drug-likeness (QED) is 0.499. The summed E-state index contributed by atoms with van der Waals surface area (Å²) in [5.74, 6) is -0.612. The molecule has 0 bridgehead atoms. The van der Waals surface area contributed by atoms with Crippen LogP contribution >= 0.6 is 11.3 Å². The molecule has 0 radical (unpaired) electrons. The highest BCUT2D eigenvalue weighted by atomic mass is 32.1. The molecule has 0 saturated heterocycles. The lowest BCUT2D eigenvalue weighted by Gasteiger charge is -2.20. The van der Waals surface area contributed by atoms with Gasteiger partial charge in [-0.1, -0.05) is 20.8 Å². The maximum atomic E-state index is 11.6. The Morgan fingerprint density at radius 2 is 2.24 bits per heavy atom. The molecule has 0 aromatic carbocycles. The molecule has 1 rings (SSSR count). The van der Waals surface area contributed by atoms with Gasteiger partial charge in [0.05, 0.1) is 5.56 Å². The molecule has 0 aliphatic heterocycles. The molecule has 1 aromatic rings. The highest BCUT2D eigenvalue weighted by Gasteiger charge is 2.25. The minimum atomic E-state index is -0.612. The second-order valence-corrected chi connectivity index (χ2v) is 5.39. The highest BCUT2D eigenvalue weighted by molar-refractivity contribution is 7.16. The Morgan fingerprint density at radius 1 is 1.59 bits per heavy atom. The fourth-order valence-electron chi connectivity index (χ4n) is 1.34. The summed E-state index contributed by atoms with van der Waals surface area (Å²) in [6, 6.07) is 1.80. The topological polar surface area (TPSA) is 55.4 Å². The van der Waals surface area contributed by atoms with E-state index < -0.39 is 5.97 Å². The fourth-order valence-corrected chi connectivity index (χ4v) is 2.51. The Hall–Kier alpha value is -1.36. The van der Waals surface area contributed by atoms with Crippen LogP contribution in [0.5, 0.6) is 0 Å². The fraction of sp³-hybridized carbons (Fsp3) is 0.500. The van der Waals surface area contributed by atoms with Gasteiger partial charge < -0.3 is 10.1 Å². The van der Waals surface area contributed by atoms with Gasteiger partial charge in [0, 0.05) is 11.9 Å². The van der Waals surface area contributed by atoms with Gasteiger partial charge in [-0.2, -0.15) is 0 Å². The molecule has 0 aliphatic carbocycles. The van der Waals surface area contributed by atoms with Crippen LogP contribution in [0.25, 0.3) is 0 Å². The zero-order valence-corrected chi connectivity index (χ0v) is 11.3. The number of anilines is 1. The summed E-state index contributed by atoms with van der Waals surface area (Å²) in [4.78, 5) is 22.9.